The van der Waals surface area contributed by atoms with Gasteiger partial charge in [-0.15, -0.1) is 0 Å². The number of morpholine rings is 1. The molecular formula is C27H32N6O4S. The lowest BCUT2D eigenvalue weighted by Gasteiger charge is -2.32. The van der Waals surface area contributed by atoms with E-state index in [9.17, 15) is 13.2 Å². The number of sulfonamides is 1. The average Bonchev–Trinajstić information content (AvgIpc) is 3.44. The van der Waals surface area contributed by atoms with Crippen LogP contribution in [-0.4, -0.2) is 69.8 Å². The molecule has 3 heterocycles. The predicted octanol–water partition coefficient (Wildman–Crippen LogP) is 3.12. The number of nitrogens with zero attached hydrogens (tertiary/aromatic N) is 3. The standard InChI is InChI=1S/C27H32N6O4S/c34-27(29-19-21-4-3-12-28-18-21)30-22-7-9-23(10-8-22)31-38(35,36)26-6-2-1-5-25(26)33-13-11-24(20-33)32-14-16-37-17-15-32/h1-10,12,18,24,31H,11,13-17,19-20H2,(H2,29,30,34). The van der Waals surface area contributed by atoms with E-state index in [1.165, 1.54) is 0 Å². The highest BCUT2D eigenvalue weighted by Crippen LogP contribution is 2.31. The van der Waals surface area contributed by atoms with Crippen LogP contribution in [0.4, 0.5) is 21.9 Å². The zero-order chi connectivity index (χ0) is 26.4. The first-order valence-electron chi connectivity index (χ1n) is 12.7. The Balaban J connectivity index is 1.20. The Morgan fingerprint density at radius 2 is 1.74 bits per heavy atom. The van der Waals surface area contributed by atoms with Crippen LogP contribution in [0.5, 0.6) is 0 Å². The Hall–Kier alpha value is -3.67. The maximum absolute atomic E-state index is 13.4. The number of hydrogen-bond acceptors (Lipinski definition) is 7. The Morgan fingerprint density at radius 3 is 2.50 bits per heavy atom. The van der Waals surface area contributed by atoms with Gasteiger partial charge in [-0.05, 0) is 54.4 Å². The van der Waals surface area contributed by atoms with Crippen molar-refractivity contribution in [2.75, 3.05) is 54.3 Å². The van der Waals surface area contributed by atoms with Gasteiger partial charge in [-0.2, -0.15) is 0 Å². The molecule has 2 aromatic carbocycles. The van der Waals surface area contributed by atoms with Gasteiger partial charge in [0.25, 0.3) is 10.0 Å². The summed E-state index contributed by atoms with van der Waals surface area (Å²) in [6, 6.07) is 17.4. The molecule has 1 unspecified atom stereocenters. The molecule has 38 heavy (non-hydrogen) atoms. The first kappa shape index (κ1) is 26.0. The van der Waals surface area contributed by atoms with Crippen molar-refractivity contribution in [3.05, 3.63) is 78.6 Å². The molecule has 10 nitrogen and oxygen atoms in total. The van der Waals surface area contributed by atoms with Crippen molar-refractivity contribution < 1.29 is 17.9 Å². The van der Waals surface area contributed by atoms with Crippen LogP contribution in [0.3, 0.4) is 0 Å². The van der Waals surface area contributed by atoms with Crippen molar-refractivity contribution in [3.63, 3.8) is 0 Å². The maximum atomic E-state index is 13.4. The second-order valence-corrected chi connectivity index (χ2v) is 11.0. The van der Waals surface area contributed by atoms with E-state index in [1.54, 1.807) is 54.9 Å². The molecule has 2 fully saturated rings. The van der Waals surface area contributed by atoms with Crippen molar-refractivity contribution in [1.82, 2.24) is 15.2 Å². The molecule has 2 aliphatic rings. The summed E-state index contributed by atoms with van der Waals surface area (Å²) < 4.78 is 35.0. The molecule has 200 valence electrons. The van der Waals surface area contributed by atoms with Gasteiger partial charge in [0.05, 0.1) is 18.9 Å². The van der Waals surface area contributed by atoms with Crippen LogP contribution >= 0.6 is 0 Å². The van der Waals surface area contributed by atoms with Crippen molar-refractivity contribution in [2.45, 2.75) is 23.9 Å². The highest BCUT2D eigenvalue weighted by molar-refractivity contribution is 7.92. The average molecular weight is 537 g/mol. The minimum atomic E-state index is -3.83. The van der Waals surface area contributed by atoms with Crippen LogP contribution in [0.15, 0.2) is 78.0 Å². The Labute approximate surface area is 223 Å². The zero-order valence-corrected chi connectivity index (χ0v) is 21.9. The maximum Gasteiger partial charge on any atom is 0.319 e. The third-order valence-electron chi connectivity index (χ3n) is 6.79. The Bertz CT molecular complexity index is 1330. The summed E-state index contributed by atoms with van der Waals surface area (Å²) in [6.45, 7) is 5.26. The van der Waals surface area contributed by atoms with Gasteiger partial charge in [-0.1, -0.05) is 18.2 Å². The van der Waals surface area contributed by atoms with Crippen LogP contribution in [0.2, 0.25) is 0 Å². The Morgan fingerprint density at radius 1 is 0.974 bits per heavy atom. The number of carbonyl (C=O) groups is 1. The minimum Gasteiger partial charge on any atom is -0.379 e. The number of ether oxygens (including phenoxy) is 1. The second-order valence-electron chi connectivity index (χ2n) is 9.36. The van der Waals surface area contributed by atoms with Gasteiger partial charge in [-0.25, -0.2) is 13.2 Å². The number of pyridine rings is 1. The first-order valence-corrected chi connectivity index (χ1v) is 14.2. The molecule has 0 bridgehead atoms. The van der Waals surface area contributed by atoms with E-state index in [0.29, 0.717) is 29.6 Å². The number of urea groups is 1. The quantitative estimate of drug-likeness (QED) is 0.405. The number of nitrogens with one attached hydrogen (secondary N) is 3. The number of carbonyl (C=O) groups excluding carboxylic acids is 1. The predicted molar refractivity (Wildman–Crippen MR) is 147 cm³/mol. The van der Waals surface area contributed by atoms with Gasteiger partial charge >= 0.3 is 6.03 Å². The summed E-state index contributed by atoms with van der Waals surface area (Å²) in [6.07, 6.45) is 4.35. The van der Waals surface area contributed by atoms with E-state index in [-0.39, 0.29) is 10.9 Å². The lowest BCUT2D eigenvalue weighted by Crippen LogP contribution is -2.44. The molecule has 1 aromatic heterocycles. The van der Waals surface area contributed by atoms with Crippen LogP contribution in [0, 0.1) is 0 Å². The Kier molecular flexibility index (Phi) is 8.06. The lowest BCUT2D eigenvalue weighted by atomic mass is 10.2. The number of amides is 2. The third-order valence-corrected chi connectivity index (χ3v) is 8.22. The van der Waals surface area contributed by atoms with Crippen molar-refractivity contribution in [2.24, 2.45) is 0 Å². The van der Waals surface area contributed by atoms with Crippen LogP contribution in [0.1, 0.15) is 12.0 Å². The largest absolute Gasteiger partial charge is 0.379 e. The third kappa shape index (κ3) is 6.42. The molecule has 3 N–H and O–H groups in total. The molecule has 11 heteroatoms. The van der Waals surface area contributed by atoms with E-state index in [4.69, 9.17) is 4.74 Å². The first-order chi connectivity index (χ1) is 18.5. The molecule has 0 aliphatic carbocycles. The van der Waals surface area contributed by atoms with E-state index >= 15 is 0 Å². The molecule has 0 radical (unpaired) electrons. The molecule has 0 saturated carbocycles. The van der Waals surface area contributed by atoms with Crippen LogP contribution in [0.25, 0.3) is 0 Å². The number of para-hydroxylation sites is 1. The number of rotatable bonds is 8. The number of anilines is 3. The highest BCUT2D eigenvalue weighted by Gasteiger charge is 2.31. The van der Waals surface area contributed by atoms with Gasteiger partial charge < -0.3 is 20.3 Å². The van der Waals surface area contributed by atoms with Gasteiger partial charge in [0.2, 0.25) is 0 Å². The summed E-state index contributed by atoms with van der Waals surface area (Å²) in [4.78, 5) is 21.1. The molecule has 1 atom stereocenters. The van der Waals surface area contributed by atoms with E-state index in [0.717, 1.165) is 51.4 Å². The summed E-state index contributed by atoms with van der Waals surface area (Å²) in [5.41, 5.74) is 2.55. The zero-order valence-electron chi connectivity index (χ0n) is 21.0. The van der Waals surface area contributed by atoms with Crippen molar-refractivity contribution in [3.8, 4) is 0 Å². The number of aromatic nitrogens is 1. The molecule has 2 aliphatic heterocycles. The van der Waals surface area contributed by atoms with E-state index in [1.807, 2.05) is 18.2 Å². The molecule has 5 rings (SSSR count). The van der Waals surface area contributed by atoms with Crippen LogP contribution in [-0.2, 0) is 21.3 Å². The van der Waals surface area contributed by atoms with Gasteiger partial charge in [0, 0.05) is 62.5 Å². The van der Waals surface area contributed by atoms with E-state index < -0.39 is 10.0 Å². The summed E-state index contributed by atoms with van der Waals surface area (Å²) >= 11 is 0. The smallest absolute Gasteiger partial charge is 0.319 e. The fourth-order valence-corrected chi connectivity index (χ4v) is 6.13. The van der Waals surface area contributed by atoms with Crippen molar-refractivity contribution >= 4 is 33.1 Å². The second kappa shape index (κ2) is 11.8. The summed E-state index contributed by atoms with van der Waals surface area (Å²) in [5.74, 6) is 0. The van der Waals surface area contributed by atoms with Gasteiger partial charge in [0.1, 0.15) is 4.90 Å². The van der Waals surface area contributed by atoms with Crippen LogP contribution < -0.4 is 20.3 Å². The fourth-order valence-electron chi connectivity index (χ4n) is 4.84. The molecular weight excluding hydrogens is 504 g/mol. The van der Waals surface area contributed by atoms with Gasteiger partial charge in [0.15, 0.2) is 0 Å². The molecule has 2 saturated heterocycles. The molecule has 2 amide bonds. The van der Waals surface area contributed by atoms with Crippen molar-refractivity contribution in [1.29, 1.82) is 0 Å². The number of hydrogen-bond donors (Lipinski definition) is 3. The summed E-state index contributed by atoms with van der Waals surface area (Å²) in [7, 11) is -3.83. The topological polar surface area (TPSA) is 116 Å². The minimum absolute atomic E-state index is 0.250. The highest BCUT2D eigenvalue weighted by atomic mass is 32.2. The SMILES string of the molecule is O=C(NCc1cccnc1)Nc1ccc(NS(=O)(=O)c2ccccc2N2CCC(N3CCOCC3)C2)cc1. The number of benzene rings is 2. The van der Waals surface area contributed by atoms with E-state index in [2.05, 4.69) is 30.1 Å². The summed E-state index contributed by atoms with van der Waals surface area (Å²) in [5, 5.41) is 5.51. The fraction of sp³-hybridized carbons (Fsp3) is 0.333. The lowest BCUT2D eigenvalue weighted by molar-refractivity contribution is 0.0209. The van der Waals surface area contributed by atoms with Gasteiger partial charge in [-0.3, -0.25) is 14.6 Å². The molecule has 3 aromatic rings. The monoisotopic (exact) mass is 536 g/mol. The normalized spacial score (nSPS) is 18.2. The molecule has 0 spiro atoms.